The van der Waals surface area contributed by atoms with Crippen molar-refractivity contribution in [2.24, 2.45) is 0 Å². The number of ether oxygens (including phenoxy) is 1. The van der Waals surface area contributed by atoms with Crippen LogP contribution in [0.5, 0.6) is 5.75 Å². The van der Waals surface area contributed by atoms with Gasteiger partial charge < -0.3 is 14.7 Å². The van der Waals surface area contributed by atoms with Gasteiger partial charge in [-0.2, -0.15) is 0 Å². The fraction of sp³-hybridized carbons (Fsp3) is 0.188. The molecular formula is C16H16FNO3. The molecule has 2 aromatic rings. The number of aromatic carboxylic acids is 1. The third-order valence-corrected chi connectivity index (χ3v) is 3.15. The molecule has 0 aliphatic heterocycles. The van der Waals surface area contributed by atoms with Crippen molar-refractivity contribution in [2.45, 2.75) is 6.54 Å². The SMILES string of the molecule is COc1cccc(CN(C)c2c(F)cccc2C(=O)O)c1. The summed E-state index contributed by atoms with van der Waals surface area (Å²) in [7, 11) is 3.23. The van der Waals surface area contributed by atoms with E-state index in [2.05, 4.69) is 0 Å². The average molecular weight is 289 g/mol. The quantitative estimate of drug-likeness (QED) is 0.918. The van der Waals surface area contributed by atoms with Gasteiger partial charge in [-0.05, 0) is 29.8 Å². The molecule has 21 heavy (non-hydrogen) atoms. The number of para-hydroxylation sites is 1. The molecule has 0 fully saturated rings. The second-order valence-corrected chi connectivity index (χ2v) is 4.65. The number of hydrogen-bond donors (Lipinski definition) is 1. The minimum absolute atomic E-state index is 0.0552. The van der Waals surface area contributed by atoms with Crippen LogP contribution in [0.15, 0.2) is 42.5 Å². The Hall–Kier alpha value is -2.56. The Morgan fingerprint density at radius 2 is 2.00 bits per heavy atom. The summed E-state index contributed by atoms with van der Waals surface area (Å²) in [4.78, 5) is 12.8. The van der Waals surface area contributed by atoms with E-state index in [9.17, 15) is 14.3 Å². The number of hydrogen-bond acceptors (Lipinski definition) is 3. The van der Waals surface area contributed by atoms with E-state index < -0.39 is 11.8 Å². The van der Waals surface area contributed by atoms with Crippen molar-refractivity contribution >= 4 is 11.7 Å². The Morgan fingerprint density at radius 3 is 2.67 bits per heavy atom. The van der Waals surface area contributed by atoms with Gasteiger partial charge in [0.2, 0.25) is 0 Å². The Labute approximate surface area is 122 Å². The topological polar surface area (TPSA) is 49.8 Å². The number of nitrogens with zero attached hydrogens (tertiary/aromatic N) is 1. The van der Waals surface area contributed by atoms with Crippen molar-refractivity contribution in [3.8, 4) is 5.75 Å². The van der Waals surface area contributed by atoms with Crippen LogP contribution in [0.25, 0.3) is 0 Å². The van der Waals surface area contributed by atoms with Gasteiger partial charge in [0.05, 0.1) is 18.4 Å². The fourth-order valence-electron chi connectivity index (χ4n) is 2.20. The van der Waals surface area contributed by atoms with Crippen LogP contribution in [0.3, 0.4) is 0 Å². The Bertz CT molecular complexity index is 658. The first-order chi connectivity index (χ1) is 10.0. The van der Waals surface area contributed by atoms with Gasteiger partial charge in [0.15, 0.2) is 0 Å². The van der Waals surface area contributed by atoms with E-state index in [0.717, 1.165) is 5.56 Å². The molecule has 0 unspecified atom stereocenters. The number of carbonyl (C=O) groups is 1. The highest BCUT2D eigenvalue weighted by Gasteiger charge is 2.18. The molecule has 4 nitrogen and oxygen atoms in total. The van der Waals surface area contributed by atoms with Crippen molar-refractivity contribution in [3.05, 3.63) is 59.4 Å². The zero-order chi connectivity index (χ0) is 15.4. The van der Waals surface area contributed by atoms with Gasteiger partial charge in [0, 0.05) is 13.6 Å². The molecule has 0 aromatic heterocycles. The highest BCUT2D eigenvalue weighted by molar-refractivity contribution is 5.94. The van der Waals surface area contributed by atoms with E-state index in [0.29, 0.717) is 12.3 Å². The van der Waals surface area contributed by atoms with Gasteiger partial charge in [-0.15, -0.1) is 0 Å². The van der Waals surface area contributed by atoms with Crippen molar-refractivity contribution in [3.63, 3.8) is 0 Å². The molecule has 1 N–H and O–H groups in total. The van der Waals surface area contributed by atoms with Crippen LogP contribution in [-0.2, 0) is 6.54 Å². The van der Waals surface area contributed by atoms with Crippen LogP contribution in [0, 0.1) is 5.82 Å². The fourth-order valence-corrected chi connectivity index (χ4v) is 2.20. The minimum atomic E-state index is -1.15. The highest BCUT2D eigenvalue weighted by atomic mass is 19.1. The number of benzene rings is 2. The second kappa shape index (κ2) is 6.26. The summed E-state index contributed by atoms with van der Waals surface area (Å²) in [6.45, 7) is 0.373. The van der Waals surface area contributed by atoms with Crippen LogP contribution in [0.2, 0.25) is 0 Å². The van der Waals surface area contributed by atoms with Crippen molar-refractivity contribution in [2.75, 3.05) is 19.1 Å². The van der Waals surface area contributed by atoms with E-state index >= 15 is 0 Å². The smallest absolute Gasteiger partial charge is 0.337 e. The van der Waals surface area contributed by atoms with E-state index in [1.165, 1.54) is 18.2 Å². The monoisotopic (exact) mass is 289 g/mol. The van der Waals surface area contributed by atoms with Crippen LogP contribution in [-0.4, -0.2) is 25.2 Å². The van der Waals surface area contributed by atoms with E-state index in [-0.39, 0.29) is 11.3 Å². The number of anilines is 1. The molecule has 110 valence electrons. The second-order valence-electron chi connectivity index (χ2n) is 4.65. The molecule has 0 saturated carbocycles. The maximum atomic E-state index is 14.0. The summed E-state index contributed by atoms with van der Waals surface area (Å²) in [6.07, 6.45) is 0. The zero-order valence-electron chi connectivity index (χ0n) is 11.8. The molecule has 5 heteroatoms. The summed E-state index contributed by atoms with van der Waals surface area (Å²) in [5.74, 6) is -1.00. The molecule has 0 heterocycles. The maximum absolute atomic E-state index is 14.0. The lowest BCUT2D eigenvalue weighted by molar-refractivity contribution is 0.0697. The summed E-state index contributed by atoms with van der Waals surface area (Å²) in [5.41, 5.74) is 0.921. The largest absolute Gasteiger partial charge is 0.497 e. The molecule has 0 saturated heterocycles. The number of carboxylic acid groups (broad SMARTS) is 1. The predicted octanol–water partition coefficient (Wildman–Crippen LogP) is 3.17. The summed E-state index contributed by atoms with van der Waals surface area (Å²) in [6, 6.07) is 11.4. The van der Waals surface area contributed by atoms with Crippen molar-refractivity contribution < 1.29 is 19.0 Å². The summed E-state index contributed by atoms with van der Waals surface area (Å²) in [5, 5.41) is 9.17. The summed E-state index contributed by atoms with van der Waals surface area (Å²) >= 11 is 0. The molecule has 0 aliphatic rings. The molecule has 0 radical (unpaired) electrons. The first kappa shape index (κ1) is 14.8. The summed E-state index contributed by atoms with van der Waals surface area (Å²) < 4.78 is 19.1. The molecule has 0 bridgehead atoms. The number of methoxy groups -OCH3 is 1. The molecule has 0 atom stereocenters. The van der Waals surface area contributed by atoms with Crippen LogP contribution < -0.4 is 9.64 Å². The van der Waals surface area contributed by atoms with Crippen LogP contribution >= 0.6 is 0 Å². The predicted molar refractivity (Wildman–Crippen MR) is 78.5 cm³/mol. The van der Waals surface area contributed by atoms with Gasteiger partial charge in [-0.3, -0.25) is 0 Å². The van der Waals surface area contributed by atoms with Gasteiger partial charge >= 0.3 is 5.97 Å². The average Bonchev–Trinajstić information content (AvgIpc) is 2.46. The van der Waals surface area contributed by atoms with Crippen LogP contribution in [0.4, 0.5) is 10.1 Å². The lowest BCUT2D eigenvalue weighted by Crippen LogP contribution is -2.21. The standard InChI is InChI=1S/C16H16FNO3/c1-18(10-11-5-3-6-12(9-11)21-2)15-13(16(19)20)7-4-8-14(15)17/h3-9H,10H2,1-2H3,(H,19,20). The lowest BCUT2D eigenvalue weighted by atomic mass is 10.1. The maximum Gasteiger partial charge on any atom is 0.337 e. The normalized spacial score (nSPS) is 10.2. The van der Waals surface area contributed by atoms with Gasteiger partial charge in [-0.1, -0.05) is 18.2 Å². The van der Waals surface area contributed by atoms with Gasteiger partial charge in [0.1, 0.15) is 11.6 Å². The molecule has 0 aliphatic carbocycles. The third kappa shape index (κ3) is 3.31. The molecule has 0 amide bonds. The molecular weight excluding hydrogens is 273 g/mol. The third-order valence-electron chi connectivity index (χ3n) is 3.15. The van der Waals surface area contributed by atoms with Crippen molar-refractivity contribution in [1.29, 1.82) is 0 Å². The lowest BCUT2D eigenvalue weighted by Gasteiger charge is -2.22. The van der Waals surface area contributed by atoms with E-state index in [1.807, 2.05) is 24.3 Å². The minimum Gasteiger partial charge on any atom is -0.497 e. The first-order valence-corrected chi connectivity index (χ1v) is 6.39. The number of carboxylic acids is 1. The first-order valence-electron chi connectivity index (χ1n) is 6.39. The molecule has 2 aromatic carbocycles. The number of halogens is 1. The molecule has 0 spiro atoms. The van der Waals surface area contributed by atoms with E-state index in [1.54, 1.807) is 19.1 Å². The van der Waals surface area contributed by atoms with Gasteiger partial charge in [-0.25, -0.2) is 9.18 Å². The highest BCUT2D eigenvalue weighted by Crippen LogP contribution is 2.25. The van der Waals surface area contributed by atoms with E-state index in [4.69, 9.17) is 4.74 Å². The zero-order valence-corrected chi connectivity index (χ0v) is 11.8. The Kier molecular flexibility index (Phi) is 4.42. The molecule has 2 rings (SSSR count). The van der Waals surface area contributed by atoms with Crippen LogP contribution in [0.1, 0.15) is 15.9 Å². The van der Waals surface area contributed by atoms with Gasteiger partial charge in [0.25, 0.3) is 0 Å². The van der Waals surface area contributed by atoms with Crippen molar-refractivity contribution in [1.82, 2.24) is 0 Å². The number of rotatable bonds is 5. The Morgan fingerprint density at radius 1 is 1.29 bits per heavy atom. The Balaban J connectivity index is 2.32.